The predicted molar refractivity (Wildman–Crippen MR) is 217 cm³/mol. The maximum Gasteiger partial charge on any atom is 0.0788 e. The normalized spacial score (nSPS) is 12.1. The number of nitrogens with zero attached hydrogens (tertiary/aromatic N) is 4. The van der Waals surface area contributed by atoms with Gasteiger partial charge in [0, 0.05) is 44.9 Å². The average Bonchev–Trinajstić information content (AvgIpc) is 3.78. The first-order valence-corrected chi connectivity index (χ1v) is 17.0. The van der Waals surface area contributed by atoms with Crippen LogP contribution >= 0.6 is 0 Å². The van der Waals surface area contributed by atoms with E-state index in [0.717, 1.165) is 56.1 Å². The Balaban J connectivity index is 1.27. The van der Waals surface area contributed by atoms with Gasteiger partial charge in [0.05, 0.1) is 34.5 Å². The van der Waals surface area contributed by atoms with E-state index in [9.17, 15) is 0 Å². The number of para-hydroxylation sites is 3. The van der Waals surface area contributed by atoms with Crippen LogP contribution in [0.1, 0.15) is 22.3 Å². The maximum atomic E-state index is 5.28. The Kier molecular flexibility index (Phi) is 8.41. The van der Waals surface area contributed by atoms with Crippen LogP contribution in [0.3, 0.4) is 0 Å². The molecule has 8 rings (SSSR count). The minimum atomic E-state index is 0.484. The van der Waals surface area contributed by atoms with Gasteiger partial charge in [0.1, 0.15) is 0 Å². The SMILES string of the molecule is C=C/C=C(\C=C)c1ccc(C(=NCc2cccc(-n3c4ccccc4c4ccc5ccn(-c6ccccc6)c5c43)c2)c2ccccc2N=C)cc1. The van der Waals surface area contributed by atoms with Crippen molar-refractivity contribution in [2.75, 3.05) is 0 Å². The maximum absolute atomic E-state index is 5.28. The van der Waals surface area contributed by atoms with Gasteiger partial charge in [0.25, 0.3) is 0 Å². The summed E-state index contributed by atoms with van der Waals surface area (Å²) in [6.07, 6.45) is 7.75. The highest BCUT2D eigenvalue weighted by Gasteiger charge is 2.18. The number of aliphatic imine (C=N–C) groups is 2. The monoisotopic (exact) mass is 656 g/mol. The van der Waals surface area contributed by atoms with Crippen LogP contribution in [-0.2, 0) is 6.54 Å². The molecule has 0 aliphatic carbocycles. The summed E-state index contributed by atoms with van der Waals surface area (Å²) in [6, 6.07) is 51.1. The molecule has 0 unspecified atom stereocenters. The van der Waals surface area contributed by atoms with E-state index in [1.807, 2.05) is 30.4 Å². The first-order valence-electron chi connectivity index (χ1n) is 17.0. The van der Waals surface area contributed by atoms with Crippen molar-refractivity contribution in [3.05, 3.63) is 205 Å². The Labute approximate surface area is 298 Å². The first-order chi connectivity index (χ1) is 25.2. The summed E-state index contributed by atoms with van der Waals surface area (Å²) in [7, 11) is 0. The zero-order valence-corrected chi connectivity index (χ0v) is 28.3. The van der Waals surface area contributed by atoms with Crippen LogP contribution in [-0.4, -0.2) is 21.6 Å². The lowest BCUT2D eigenvalue weighted by Gasteiger charge is -2.14. The van der Waals surface area contributed by atoms with E-state index in [4.69, 9.17) is 4.99 Å². The molecular formula is C47H36N4. The molecule has 0 atom stereocenters. The molecule has 4 nitrogen and oxygen atoms in total. The molecule has 4 heteroatoms. The Hall–Kier alpha value is -6.78. The molecule has 8 aromatic rings. The third kappa shape index (κ3) is 5.73. The molecule has 0 spiro atoms. The summed E-state index contributed by atoms with van der Waals surface area (Å²) >= 11 is 0. The fraction of sp³-hybridized carbons (Fsp3) is 0.0213. The smallest absolute Gasteiger partial charge is 0.0788 e. The summed E-state index contributed by atoms with van der Waals surface area (Å²) in [6.45, 7) is 12.2. The summed E-state index contributed by atoms with van der Waals surface area (Å²) in [4.78, 5) is 9.62. The molecule has 0 aliphatic heterocycles. The van der Waals surface area contributed by atoms with Crippen LogP contribution in [0.25, 0.3) is 49.7 Å². The third-order valence-electron chi connectivity index (χ3n) is 9.45. The molecule has 6 aromatic carbocycles. The van der Waals surface area contributed by atoms with Gasteiger partial charge in [-0.05, 0) is 65.9 Å². The highest BCUT2D eigenvalue weighted by atomic mass is 15.0. The van der Waals surface area contributed by atoms with Gasteiger partial charge in [-0.15, -0.1) is 0 Å². The van der Waals surface area contributed by atoms with Crippen molar-refractivity contribution in [3.8, 4) is 11.4 Å². The molecule has 244 valence electrons. The number of allylic oxidation sites excluding steroid dienone is 4. The minimum Gasteiger partial charge on any atom is -0.315 e. The number of hydrogen-bond donors (Lipinski definition) is 0. The second-order valence-electron chi connectivity index (χ2n) is 12.4. The van der Waals surface area contributed by atoms with E-state index in [0.29, 0.717) is 6.54 Å². The van der Waals surface area contributed by atoms with Gasteiger partial charge in [0.2, 0.25) is 0 Å². The summed E-state index contributed by atoms with van der Waals surface area (Å²) in [5.41, 5.74) is 12.5. The van der Waals surface area contributed by atoms with E-state index < -0.39 is 0 Å². The van der Waals surface area contributed by atoms with E-state index >= 15 is 0 Å². The molecule has 0 bridgehead atoms. The highest BCUT2D eigenvalue weighted by molar-refractivity contribution is 6.18. The summed E-state index contributed by atoms with van der Waals surface area (Å²) in [5, 5.41) is 3.64. The number of benzene rings is 6. The van der Waals surface area contributed by atoms with Gasteiger partial charge in [-0.1, -0.05) is 135 Å². The fourth-order valence-corrected chi connectivity index (χ4v) is 7.08. The van der Waals surface area contributed by atoms with Crippen LogP contribution in [0, 0.1) is 0 Å². The quantitative estimate of drug-likeness (QED) is 0.104. The molecule has 0 aliphatic rings. The second-order valence-corrected chi connectivity index (χ2v) is 12.4. The van der Waals surface area contributed by atoms with Gasteiger partial charge < -0.3 is 9.13 Å². The van der Waals surface area contributed by atoms with Crippen molar-refractivity contribution in [3.63, 3.8) is 0 Å². The van der Waals surface area contributed by atoms with Crippen LogP contribution in [0.4, 0.5) is 5.69 Å². The number of hydrogen-bond acceptors (Lipinski definition) is 2. The summed E-state index contributed by atoms with van der Waals surface area (Å²) in [5.74, 6) is 0. The van der Waals surface area contributed by atoms with Gasteiger partial charge in [-0.3, -0.25) is 9.98 Å². The van der Waals surface area contributed by atoms with Gasteiger partial charge in [-0.25, -0.2) is 0 Å². The van der Waals surface area contributed by atoms with Gasteiger partial charge in [0.15, 0.2) is 0 Å². The number of fused-ring (bicyclic) bond motifs is 5. The topological polar surface area (TPSA) is 34.6 Å². The zero-order chi connectivity index (χ0) is 34.7. The number of rotatable bonds is 10. The lowest BCUT2D eigenvalue weighted by Crippen LogP contribution is -2.05. The average molecular weight is 657 g/mol. The van der Waals surface area contributed by atoms with Crippen molar-refractivity contribution < 1.29 is 0 Å². The Morgan fingerprint density at radius 3 is 2.20 bits per heavy atom. The third-order valence-corrected chi connectivity index (χ3v) is 9.45. The lowest BCUT2D eigenvalue weighted by atomic mass is 9.97. The Bertz CT molecular complexity index is 2650. The molecule has 51 heavy (non-hydrogen) atoms. The minimum absolute atomic E-state index is 0.484. The van der Waals surface area contributed by atoms with Crippen molar-refractivity contribution in [2.45, 2.75) is 6.54 Å². The number of aromatic nitrogens is 2. The van der Waals surface area contributed by atoms with Gasteiger partial charge in [-0.2, -0.15) is 0 Å². The molecule has 0 fully saturated rings. The summed E-state index contributed by atoms with van der Waals surface area (Å²) < 4.78 is 4.71. The first kappa shape index (κ1) is 31.5. The molecule has 0 saturated heterocycles. The molecule has 0 saturated carbocycles. The van der Waals surface area contributed by atoms with Gasteiger partial charge >= 0.3 is 0 Å². The molecule has 0 N–H and O–H groups in total. The second kappa shape index (κ2) is 13.6. The van der Waals surface area contributed by atoms with Crippen molar-refractivity contribution >= 4 is 56.4 Å². The molecule has 0 amide bonds. The van der Waals surface area contributed by atoms with Crippen LogP contribution in [0.15, 0.2) is 193 Å². The van der Waals surface area contributed by atoms with E-state index in [1.54, 1.807) is 6.08 Å². The lowest BCUT2D eigenvalue weighted by molar-refractivity contribution is 1.05. The van der Waals surface area contributed by atoms with Crippen LogP contribution < -0.4 is 0 Å². The molecule has 0 radical (unpaired) electrons. The van der Waals surface area contributed by atoms with Crippen molar-refractivity contribution in [1.29, 1.82) is 0 Å². The molecule has 2 aromatic heterocycles. The zero-order valence-electron chi connectivity index (χ0n) is 28.3. The van der Waals surface area contributed by atoms with Crippen LogP contribution in [0.5, 0.6) is 0 Å². The Morgan fingerprint density at radius 2 is 1.39 bits per heavy atom. The largest absolute Gasteiger partial charge is 0.315 e. The van der Waals surface area contributed by atoms with Crippen molar-refractivity contribution in [1.82, 2.24) is 9.13 Å². The fourth-order valence-electron chi connectivity index (χ4n) is 7.08. The van der Waals surface area contributed by atoms with Crippen LogP contribution in [0.2, 0.25) is 0 Å². The van der Waals surface area contributed by atoms with E-state index in [1.165, 1.54) is 27.2 Å². The van der Waals surface area contributed by atoms with Crippen molar-refractivity contribution in [2.24, 2.45) is 9.98 Å². The molecular weight excluding hydrogens is 621 g/mol. The molecule has 2 heterocycles. The Morgan fingerprint density at radius 1 is 0.647 bits per heavy atom. The van der Waals surface area contributed by atoms with E-state index in [2.05, 4.69) is 168 Å². The van der Waals surface area contributed by atoms with E-state index in [-0.39, 0.29) is 0 Å². The highest BCUT2D eigenvalue weighted by Crippen LogP contribution is 2.38. The predicted octanol–water partition coefficient (Wildman–Crippen LogP) is 11.9. The standard InChI is InChI=1S/C47H36N4/c1-4-14-34(5-2)35-23-25-36(26-24-35)45(42-20-9-11-21-43(42)48-3)49-32-33-15-13-18-39(31-33)51-44-22-12-10-19-40(44)41-28-27-37-29-30-50(46(37)47(41)51)38-16-7-6-8-17-38/h4-31H,1-3,32H2/b34-14+,49-45?.